The summed E-state index contributed by atoms with van der Waals surface area (Å²) in [7, 11) is 2.85. The summed E-state index contributed by atoms with van der Waals surface area (Å²) in [6, 6.07) is 7.43. The maximum absolute atomic E-state index is 11.3. The first-order chi connectivity index (χ1) is 7.99. The molecule has 0 fully saturated rings. The average molecular weight is 256 g/mol. The zero-order valence-electron chi connectivity index (χ0n) is 10.1. The van der Waals surface area contributed by atoms with Gasteiger partial charge in [-0.2, -0.15) is 0 Å². The van der Waals surface area contributed by atoms with Gasteiger partial charge in [-0.1, -0.05) is 6.07 Å². The van der Waals surface area contributed by atoms with Crippen LogP contribution in [0.2, 0.25) is 0 Å². The zero-order chi connectivity index (χ0) is 12.9. The standard InChI is InChI=1S/C12H16O4S/c1-12(14,11(13)16-3)8-17-10-6-4-5-9(7-10)15-2/h4-7,14H,8H2,1-3H3. The summed E-state index contributed by atoms with van der Waals surface area (Å²) in [5.74, 6) is 0.341. The van der Waals surface area contributed by atoms with Gasteiger partial charge in [0.25, 0.3) is 0 Å². The Balaban J connectivity index is 2.63. The Hall–Kier alpha value is -1.20. The molecule has 0 heterocycles. The second-order valence-electron chi connectivity index (χ2n) is 3.73. The number of ether oxygens (including phenoxy) is 2. The molecule has 17 heavy (non-hydrogen) atoms. The summed E-state index contributed by atoms with van der Waals surface area (Å²) < 4.78 is 9.61. The molecule has 0 aliphatic carbocycles. The first-order valence-electron chi connectivity index (χ1n) is 5.07. The minimum atomic E-state index is -1.48. The Morgan fingerprint density at radius 3 is 2.76 bits per heavy atom. The molecular weight excluding hydrogens is 240 g/mol. The normalized spacial score (nSPS) is 13.9. The van der Waals surface area contributed by atoms with Gasteiger partial charge in [0.05, 0.1) is 14.2 Å². The van der Waals surface area contributed by atoms with E-state index in [1.54, 1.807) is 7.11 Å². The molecule has 0 aromatic heterocycles. The third-order valence-corrected chi connectivity index (χ3v) is 3.48. The van der Waals surface area contributed by atoms with Gasteiger partial charge in [0, 0.05) is 10.6 Å². The number of benzene rings is 1. The molecule has 1 atom stereocenters. The first-order valence-corrected chi connectivity index (χ1v) is 6.06. The van der Waals surface area contributed by atoms with Crippen molar-refractivity contribution in [3.63, 3.8) is 0 Å². The molecule has 94 valence electrons. The fraction of sp³-hybridized carbons (Fsp3) is 0.417. The number of esters is 1. The lowest BCUT2D eigenvalue weighted by Crippen LogP contribution is -2.38. The minimum Gasteiger partial charge on any atom is -0.497 e. The smallest absolute Gasteiger partial charge is 0.338 e. The van der Waals surface area contributed by atoms with Crippen molar-refractivity contribution >= 4 is 17.7 Å². The van der Waals surface area contributed by atoms with E-state index in [9.17, 15) is 9.90 Å². The highest BCUT2D eigenvalue weighted by Crippen LogP contribution is 2.26. The highest BCUT2D eigenvalue weighted by atomic mass is 32.2. The van der Waals surface area contributed by atoms with E-state index in [0.717, 1.165) is 10.6 Å². The van der Waals surface area contributed by atoms with Crippen molar-refractivity contribution in [3.05, 3.63) is 24.3 Å². The van der Waals surface area contributed by atoms with Crippen molar-refractivity contribution in [2.45, 2.75) is 17.4 Å². The molecule has 1 aromatic carbocycles. The van der Waals surface area contributed by atoms with E-state index in [1.807, 2.05) is 24.3 Å². The van der Waals surface area contributed by atoms with Gasteiger partial charge in [0.2, 0.25) is 0 Å². The highest BCUT2D eigenvalue weighted by Gasteiger charge is 2.31. The van der Waals surface area contributed by atoms with Crippen LogP contribution in [-0.2, 0) is 9.53 Å². The van der Waals surface area contributed by atoms with Crippen molar-refractivity contribution in [2.24, 2.45) is 0 Å². The van der Waals surface area contributed by atoms with E-state index < -0.39 is 11.6 Å². The van der Waals surface area contributed by atoms with E-state index in [0.29, 0.717) is 0 Å². The molecule has 1 unspecified atom stereocenters. The van der Waals surface area contributed by atoms with Gasteiger partial charge in [-0.25, -0.2) is 4.79 Å². The van der Waals surface area contributed by atoms with Gasteiger partial charge in [0.15, 0.2) is 5.60 Å². The molecule has 0 aliphatic rings. The van der Waals surface area contributed by atoms with Crippen LogP contribution >= 0.6 is 11.8 Å². The molecule has 1 aromatic rings. The van der Waals surface area contributed by atoms with Crippen molar-refractivity contribution in [1.29, 1.82) is 0 Å². The molecule has 1 N–H and O–H groups in total. The van der Waals surface area contributed by atoms with Gasteiger partial charge in [-0.3, -0.25) is 0 Å². The summed E-state index contributed by atoms with van der Waals surface area (Å²) in [5, 5.41) is 9.84. The molecule has 1 rings (SSSR count). The van der Waals surface area contributed by atoms with E-state index in [-0.39, 0.29) is 5.75 Å². The fourth-order valence-corrected chi connectivity index (χ4v) is 2.13. The molecule has 0 spiro atoms. The first kappa shape index (κ1) is 13.9. The summed E-state index contributed by atoms with van der Waals surface area (Å²) >= 11 is 1.37. The SMILES string of the molecule is COC(=O)C(C)(O)CSc1cccc(OC)c1. The quantitative estimate of drug-likeness (QED) is 0.642. The van der Waals surface area contributed by atoms with E-state index in [2.05, 4.69) is 4.74 Å². The monoisotopic (exact) mass is 256 g/mol. The molecule has 0 saturated carbocycles. The largest absolute Gasteiger partial charge is 0.497 e. The lowest BCUT2D eigenvalue weighted by molar-refractivity contribution is -0.158. The van der Waals surface area contributed by atoms with E-state index >= 15 is 0 Å². The Morgan fingerprint density at radius 2 is 2.18 bits per heavy atom. The third-order valence-electron chi connectivity index (χ3n) is 2.19. The van der Waals surface area contributed by atoms with Crippen LogP contribution in [-0.4, -0.2) is 36.6 Å². The Morgan fingerprint density at radius 1 is 1.47 bits per heavy atom. The number of thioether (sulfide) groups is 1. The number of carbonyl (C=O) groups excluding carboxylic acids is 1. The molecule has 0 aliphatic heterocycles. The molecule has 4 nitrogen and oxygen atoms in total. The van der Waals surface area contributed by atoms with Gasteiger partial charge in [-0.05, 0) is 25.1 Å². The van der Waals surface area contributed by atoms with Gasteiger partial charge < -0.3 is 14.6 Å². The van der Waals surface area contributed by atoms with Crippen LogP contribution in [0.25, 0.3) is 0 Å². The third kappa shape index (κ3) is 3.94. The van der Waals surface area contributed by atoms with Crippen LogP contribution < -0.4 is 4.74 Å². The lowest BCUT2D eigenvalue weighted by atomic mass is 10.1. The molecule has 5 heteroatoms. The van der Waals surface area contributed by atoms with Crippen molar-refractivity contribution < 1.29 is 19.4 Å². The van der Waals surface area contributed by atoms with E-state index in [4.69, 9.17) is 4.74 Å². The predicted molar refractivity (Wildman–Crippen MR) is 66.4 cm³/mol. The molecule has 0 saturated heterocycles. The van der Waals surface area contributed by atoms with Crippen molar-refractivity contribution in [3.8, 4) is 5.75 Å². The summed E-state index contributed by atoms with van der Waals surface area (Å²) in [4.78, 5) is 12.2. The Bertz CT molecular complexity index is 390. The van der Waals surface area contributed by atoms with Crippen LogP contribution in [0.5, 0.6) is 5.75 Å². The number of hydrogen-bond donors (Lipinski definition) is 1. The van der Waals surface area contributed by atoms with Crippen molar-refractivity contribution in [1.82, 2.24) is 0 Å². The number of carbonyl (C=O) groups is 1. The molecule has 0 radical (unpaired) electrons. The van der Waals surface area contributed by atoms with Crippen LogP contribution in [0.3, 0.4) is 0 Å². The number of aliphatic hydroxyl groups is 1. The van der Waals surface area contributed by atoms with Crippen LogP contribution in [0.15, 0.2) is 29.2 Å². The highest BCUT2D eigenvalue weighted by molar-refractivity contribution is 7.99. The van der Waals surface area contributed by atoms with Gasteiger partial charge in [-0.15, -0.1) is 11.8 Å². The minimum absolute atomic E-state index is 0.229. The molecule has 0 amide bonds. The zero-order valence-corrected chi connectivity index (χ0v) is 10.9. The van der Waals surface area contributed by atoms with Gasteiger partial charge in [0.1, 0.15) is 5.75 Å². The summed E-state index contributed by atoms with van der Waals surface area (Å²) in [6.45, 7) is 1.44. The van der Waals surface area contributed by atoms with Crippen molar-refractivity contribution in [2.75, 3.05) is 20.0 Å². The maximum atomic E-state index is 11.3. The van der Waals surface area contributed by atoms with E-state index in [1.165, 1.54) is 25.8 Å². The molecule has 0 bridgehead atoms. The second kappa shape index (κ2) is 5.93. The molecular formula is C12H16O4S. The summed E-state index contributed by atoms with van der Waals surface area (Å²) in [5.41, 5.74) is -1.48. The summed E-state index contributed by atoms with van der Waals surface area (Å²) in [6.07, 6.45) is 0. The predicted octanol–water partition coefficient (Wildman–Crippen LogP) is 1.71. The lowest BCUT2D eigenvalue weighted by Gasteiger charge is -2.19. The van der Waals surface area contributed by atoms with Crippen LogP contribution in [0.1, 0.15) is 6.92 Å². The fourth-order valence-electron chi connectivity index (χ4n) is 1.19. The number of methoxy groups -OCH3 is 2. The topological polar surface area (TPSA) is 55.8 Å². The number of rotatable bonds is 5. The Kier molecular flexibility index (Phi) is 4.84. The Labute approximate surface area is 105 Å². The maximum Gasteiger partial charge on any atom is 0.338 e. The van der Waals surface area contributed by atoms with Gasteiger partial charge >= 0.3 is 5.97 Å². The number of hydrogen-bond acceptors (Lipinski definition) is 5. The average Bonchev–Trinajstić information content (AvgIpc) is 2.35. The van der Waals surface area contributed by atoms with Crippen LogP contribution in [0, 0.1) is 0 Å². The second-order valence-corrected chi connectivity index (χ2v) is 4.78. The van der Waals surface area contributed by atoms with Crippen LogP contribution in [0.4, 0.5) is 0 Å².